The van der Waals surface area contributed by atoms with Gasteiger partial charge in [-0.1, -0.05) is 58.3 Å². The van der Waals surface area contributed by atoms with Crippen LogP contribution in [0.1, 0.15) is 66.5 Å². The van der Waals surface area contributed by atoms with Gasteiger partial charge in [-0.3, -0.25) is 9.59 Å². The van der Waals surface area contributed by atoms with Crippen LogP contribution in [0.3, 0.4) is 0 Å². The van der Waals surface area contributed by atoms with Crippen LogP contribution in [-0.2, 0) is 31.9 Å². The zero-order chi connectivity index (χ0) is 57.0. The van der Waals surface area contributed by atoms with Crippen molar-refractivity contribution in [1.82, 2.24) is 61.2 Å². The highest BCUT2D eigenvalue weighted by molar-refractivity contribution is 7.18. The number of anilines is 7. The van der Waals surface area contributed by atoms with Gasteiger partial charge in [-0.05, 0) is 105 Å². The van der Waals surface area contributed by atoms with E-state index in [9.17, 15) is 9.59 Å². The molecule has 6 aromatic heterocycles. The van der Waals surface area contributed by atoms with Gasteiger partial charge in [-0.25, -0.2) is 0 Å². The lowest BCUT2D eigenvalue weighted by Gasteiger charge is -2.16. The van der Waals surface area contributed by atoms with Gasteiger partial charge in [0, 0.05) is 89.2 Å². The van der Waals surface area contributed by atoms with Crippen LogP contribution < -0.4 is 45.9 Å². The van der Waals surface area contributed by atoms with Crippen LogP contribution in [-0.4, -0.2) is 158 Å². The van der Waals surface area contributed by atoms with E-state index in [1.54, 1.807) is 32.8 Å². The van der Waals surface area contributed by atoms with Gasteiger partial charge < -0.3 is 55.3 Å². The zero-order valence-corrected chi connectivity index (χ0v) is 48.3. The van der Waals surface area contributed by atoms with Gasteiger partial charge in [-0.15, -0.1) is 45.9 Å². The van der Waals surface area contributed by atoms with E-state index in [1.807, 2.05) is 98.8 Å². The Kier molecular flexibility index (Phi) is 21.0. The summed E-state index contributed by atoms with van der Waals surface area (Å²) in [4.78, 5) is 32.6. The number of hydrogen-bond donors (Lipinski definition) is 4. The van der Waals surface area contributed by atoms with Gasteiger partial charge in [-0.2, -0.15) is 15.3 Å². The molecule has 82 heavy (non-hydrogen) atoms. The first-order valence-electron chi connectivity index (χ1n) is 26.8. The van der Waals surface area contributed by atoms with E-state index < -0.39 is 12.2 Å². The van der Waals surface area contributed by atoms with E-state index in [4.69, 9.17) is 24.7 Å². The molecule has 9 heterocycles. The van der Waals surface area contributed by atoms with Crippen molar-refractivity contribution in [1.29, 1.82) is 0 Å². The summed E-state index contributed by atoms with van der Waals surface area (Å²) in [6.45, 7) is 9.89. The number of nitrogens with one attached hydrogen (secondary N) is 3. The predicted molar refractivity (Wildman–Crippen MR) is 315 cm³/mol. The van der Waals surface area contributed by atoms with Crippen molar-refractivity contribution in [3.8, 4) is 11.5 Å². The number of Topliss-reactive ketones (excluding diaryl/α,β-unsaturated/α-hetero) is 2. The van der Waals surface area contributed by atoms with Crippen molar-refractivity contribution in [3.05, 3.63) is 125 Å². The average molecular weight is 1170 g/mol. The Morgan fingerprint density at radius 2 is 0.927 bits per heavy atom. The molecule has 0 bridgehead atoms. The van der Waals surface area contributed by atoms with Gasteiger partial charge in [0.2, 0.25) is 20.5 Å². The number of ether oxygens (including phenoxy) is 4. The van der Waals surface area contributed by atoms with Gasteiger partial charge in [0.25, 0.3) is 0 Å². The number of aromatic nitrogens is 12. The fourth-order valence-electron chi connectivity index (χ4n) is 9.40. The highest BCUT2D eigenvalue weighted by Gasteiger charge is 2.29. The summed E-state index contributed by atoms with van der Waals surface area (Å²) in [6.07, 6.45) is 6.99. The minimum Gasteiger partial charge on any atom is -0.497 e. The molecule has 0 saturated carbocycles. The minimum absolute atomic E-state index is 0.0579. The van der Waals surface area contributed by atoms with Gasteiger partial charge >= 0.3 is 0 Å². The van der Waals surface area contributed by atoms with E-state index in [0.29, 0.717) is 56.2 Å². The van der Waals surface area contributed by atoms with Crippen molar-refractivity contribution in [2.45, 2.75) is 76.3 Å². The molecule has 5 atom stereocenters. The van der Waals surface area contributed by atoms with Crippen molar-refractivity contribution in [3.63, 3.8) is 0 Å². The van der Waals surface area contributed by atoms with Crippen LogP contribution in [0.5, 0.6) is 11.5 Å². The average Bonchev–Trinajstić information content (AvgIpc) is 4.45. The number of carbonyl (C=O) groups excluding carboxylic acids is 2. The second-order valence-corrected chi connectivity index (χ2v) is 22.1. The fraction of sp³-hybridized carbons (Fsp3) is 0.407. The third-order valence-corrected chi connectivity index (χ3v) is 15.7. The molecule has 0 radical (unpaired) electrons. The highest BCUT2D eigenvalue weighted by Crippen LogP contribution is 2.30. The molecular weight excluding hydrogens is 1110 g/mol. The van der Waals surface area contributed by atoms with E-state index in [0.717, 1.165) is 92.2 Å². The highest BCUT2D eigenvalue weighted by atomic mass is 32.1. The molecule has 11 rings (SSSR count). The van der Waals surface area contributed by atoms with Crippen LogP contribution >= 0.6 is 34.0 Å². The summed E-state index contributed by atoms with van der Waals surface area (Å²) in [5.74, 6) is 3.93. The summed E-state index contributed by atoms with van der Waals surface area (Å²) < 4.78 is 22.1. The summed E-state index contributed by atoms with van der Waals surface area (Å²) >= 11 is 4.17. The summed E-state index contributed by atoms with van der Waals surface area (Å²) in [6, 6.07) is 27.2. The number of hydrogen-bond acceptors (Lipinski definition) is 28. The molecule has 8 aromatic rings. The molecule has 0 aliphatic carbocycles. The third kappa shape index (κ3) is 16.5. The maximum atomic E-state index is 13.0. The number of nitrogens with two attached hydrogens (primary N) is 1. The van der Waals surface area contributed by atoms with Crippen molar-refractivity contribution >= 4 is 83.6 Å². The summed E-state index contributed by atoms with van der Waals surface area (Å²) in [5.41, 5.74) is 7.09. The number of ketones is 2. The first kappa shape index (κ1) is 58.5. The molecule has 3 saturated heterocycles. The Morgan fingerprint density at radius 3 is 1.27 bits per heavy atom. The van der Waals surface area contributed by atoms with Crippen molar-refractivity contribution in [2.24, 2.45) is 0 Å². The van der Waals surface area contributed by atoms with Crippen LogP contribution in [0.15, 0.2) is 104 Å². The van der Waals surface area contributed by atoms with Crippen LogP contribution in [0.2, 0.25) is 0 Å². The summed E-state index contributed by atoms with van der Waals surface area (Å²) in [5, 5.41) is 63.1. The maximum absolute atomic E-state index is 13.0. The van der Waals surface area contributed by atoms with E-state index in [2.05, 4.69) is 91.8 Å². The smallest absolute Gasteiger partial charge is 0.207 e. The number of methoxy groups -OCH3 is 2. The molecule has 0 amide bonds. The molecular formula is C54H65N19O6S3. The van der Waals surface area contributed by atoms with Gasteiger partial charge in [0.15, 0.2) is 29.0 Å². The number of carbonyl (C=O) groups is 2. The number of benzene rings is 2. The van der Waals surface area contributed by atoms with Crippen LogP contribution in [0.4, 0.5) is 38.0 Å². The Hall–Kier alpha value is -8.18. The third-order valence-electron chi connectivity index (χ3n) is 13.3. The monoisotopic (exact) mass is 1170 g/mol. The van der Waals surface area contributed by atoms with Crippen molar-refractivity contribution < 1.29 is 28.5 Å². The lowest BCUT2D eigenvalue weighted by molar-refractivity contribution is -0.130. The van der Waals surface area contributed by atoms with E-state index >= 15 is 0 Å². The van der Waals surface area contributed by atoms with Crippen LogP contribution in [0.25, 0.3) is 0 Å². The first-order chi connectivity index (χ1) is 40.1. The van der Waals surface area contributed by atoms with Gasteiger partial charge in [0.05, 0.1) is 27.1 Å². The molecule has 430 valence electrons. The van der Waals surface area contributed by atoms with E-state index in [1.165, 1.54) is 34.0 Å². The standard InChI is InChI=1S/2C22H26N6O3S.C10H13N7S/c2*1-3-31-21(15-6-4-7-17(12-15)30-2)18(29)13-20-26-27-22(32-20)24-16-9-11-28(14-16)19-8-5-10-23-25-19;11-9-15-16-10(18-9)13-7-3-5-17(6-7)8-2-1-4-12-14-8/h2*4-8,10,12,16,21H,3,9,11,13-14H2,1-2H3,(H,24,27);1-2,4,7H,3,5-6H2,(H2,11,15)(H,13,16)/t16-,21+;16-,21-;7-/m111/s1. The molecule has 2 aromatic carbocycles. The first-order valence-corrected chi connectivity index (χ1v) is 29.3. The summed E-state index contributed by atoms with van der Waals surface area (Å²) in [7, 11) is 3.20. The van der Waals surface area contributed by atoms with Gasteiger partial charge in [0.1, 0.15) is 33.7 Å². The van der Waals surface area contributed by atoms with E-state index in [-0.39, 0.29) is 36.5 Å². The number of nitrogen functional groups attached to an aromatic ring is 1. The lowest BCUT2D eigenvalue weighted by Crippen LogP contribution is -2.26. The molecule has 28 heteroatoms. The topological polar surface area (TPSA) is 298 Å². The molecule has 3 aliphatic heterocycles. The SMILES string of the molecule is CCO[C@@H](C(=O)Cc1nnc(N[C@@H]2CCN(c3cccnn3)C2)s1)c1cccc(OC)c1.CCO[C@H](C(=O)Cc1nnc(N[C@@H]2CCN(c3cccnn3)C2)s1)c1cccc(OC)c1.Nc1nnc(N[C@@H]2CCN(c3cccnn3)C2)s1. The molecule has 0 unspecified atom stereocenters. The molecule has 25 nitrogen and oxygen atoms in total. The molecule has 3 fully saturated rings. The quantitative estimate of drug-likeness (QED) is 0.0536. The molecule has 0 spiro atoms. The molecule has 5 N–H and O–H groups in total. The zero-order valence-electron chi connectivity index (χ0n) is 45.9. The second kappa shape index (κ2) is 29.5. The fourth-order valence-corrected chi connectivity index (χ4v) is 11.6. The Bertz CT molecular complexity index is 3070. The van der Waals surface area contributed by atoms with Crippen molar-refractivity contribution in [2.75, 3.05) is 103 Å². The Balaban J connectivity index is 0.000000154. The lowest BCUT2D eigenvalue weighted by atomic mass is 10.0. The second-order valence-electron chi connectivity index (χ2n) is 18.9. The minimum atomic E-state index is -0.661. The Morgan fingerprint density at radius 1 is 0.537 bits per heavy atom. The number of nitrogens with zero attached hydrogens (tertiary/aromatic N) is 15. The predicted octanol–water partition coefficient (Wildman–Crippen LogP) is 6.43. The maximum Gasteiger partial charge on any atom is 0.207 e. The Labute approximate surface area is 486 Å². The van der Waals surface area contributed by atoms with Crippen LogP contribution in [0, 0.1) is 0 Å². The molecule has 3 aliphatic rings. The largest absolute Gasteiger partial charge is 0.497 e. The normalized spacial score (nSPS) is 17.2. The number of rotatable bonds is 23.